The van der Waals surface area contributed by atoms with E-state index in [1.54, 1.807) is 18.3 Å². The highest BCUT2D eigenvalue weighted by molar-refractivity contribution is 5.57. The minimum Gasteiger partial charge on any atom is -0.347 e. The number of rotatable bonds is 6. The van der Waals surface area contributed by atoms with Gasteiger partial charge < -0.3 is 9.51 Å². The van der Waals surface area contributed by atoms with Crippen LogP contribution in [0.5, 0.6) is 0 Å². The van der Waals surface area contributed by atoms with Crippen molar-refractivity contribution in [1.29, 1.82) is 5.26 Å². The van der Waals surface area contributed by atoms with E-state index in [0.717, 1.165) is 43.6 Å². The maximum absolute atomic E-state index is 9.20. The second-order valence-electron chi connectivity index (χ2n) is 8.08. The molecule has 0 saturated carbocycles. The molecule has 7 nitrogen and oxygen atoms in total. The zero-order valence-corrected chi connectivity index (χ0v) is 17.7. The molecule has 0 amide bonds. The van der Waals surface area contributed by atoms with E-state index < -0.39 is 0 Å². The molecule has 1 fully saturated rings. The van der Waals surface area contributed by atoms with Gasteiger partial charge in [-0.3, -0.25) is 4.90 Å². The molecule has 160 valence electrons. The Kier molecular flexibility index (Phi) is 5.77. The minimum absolute atomic E-state index is 0.0166. The molecule has 0 spiro atoms. The van der Waals surface area contributed by atoms with Crippen molar-refractivity contribution in [2.24, 2.45) is 0 Å². The van der Waals surface area contributed by atoms with Crippen molar-refractivity contribution in [2.75, 3.05) is 6.54 Å². The predicted molar refractivity (Wildman–Crippen MR) is 119 cm³/mol. The molecule has 2 aromatic heterocycles. The van der Waals surface area contributed by atoms with Crippen molar-refractivity contribution < 1.29 is 4.52 Å². The fourth-order valence-electron chi connectivity index (χ4n) is 4.48. The summed E-state index contributed by atoms with van der Waals surface area (Å²) in [6, 6.07) is 20.0. The molecule has 5 rings (SSSR count). The van der Waals surface area contributed by atoms with Crippen LogP contribution in [0.2, 0.25) is 0 Å². The molecule has 0 aliphatic carbocycles. The van der Waals surface area contributed by atoms with Crippen molar-refractivity contribution in [1.82, 2.24) is 25.0 Å². The second-order valence-corrected chi connectivity index (χ2v) is 8.08. The normalized spacial score (nSPS) is 17.7. The van der Waals surface area contributed by atoms with E-state index in [4.69, 9.17) is 9.51 Å². The van der Waals surface area contributed by atoms with Crippen molar-refractivity contribution in [3.8, 4) is 17.5 Å². The van der Waals surface area contributed by atoms with Crippen LogP contribution in [0.15, 0.2) is 71.5 Å². The van der Waals surface area contributed by atoms with Crippen LogP contribution < -0.4 is 0 Å². The number of imidazole rings is 1. The second kappa shape index (κ2) is 9.16. The van der Waals surface area contributed by atoms with E-state index in [1.165, 1.54) is 5.56 Å². The summed E-state index contributed by atoms with van der Waals surface area (Å²) in [5.41, 5.74) is 2.62. The molecule has 2 atom stereocenters. The number of likely N-dealkylation sites (tertiary alicyclic amines) is 1. The van der Waals surface area contributed by atoms with Gasteiger partial charge in [-0.15, -0.1) is 0 Å². The van der Waals surface area contributed by atoms with E-state index in [2.05, 4.69) is 50.4 Å². The summed E-state index contributed by atoms with van der Waals surface area (Å²) in [7, 11) is 0. The molecule has 2 unspecified atom stereocenters. The lowest BCUT2D eigenvalue weighted by molar-refractivity contribution is 0.0679. The SMILES string of the molecule is N#Cc1cccc(-c2noc(C3CCCCN3C(Cc3ccccc3)c3ncc[nH]3)n2)c1. The summed E-state index contributed by atoms with van der Waals surface area (Å²) in [5, 5.41) is 13.4. The van der Waals surface area contributed by atoms with E-state index in [9.17, 15) is 5.26 Å². The number of piperidine rings is 1. The third-order valence-electron chi connectivity index (χ3n) is 6.03. The lowest BCUT2D eigenvalue weighted by Crippen LogP contribution is -2.38. The molecule has 1 aliphatic rings. The van der Waals surface area contributed by atoms with Crippen LogP contribution >= 0.6 is 0 Å². The standard InChI is InChI=1S/C25H24N6O/c26-17-19-9-6-10-20(15-19)23-29-25(32-30-23)21-11-4-5-14-31(21)22(24-27-12-13-28-24)16-18-7-2-1-3-8-18/h1-3,6-10,12-13,15,21-22H,4-5,11,14,16H2,(H,27,28). The van der Waals surface area contributed by atoms with Crippen molar-refractivity contribution in [3.63, 3.8) is 0 Å². The van der Waals surface area contributed by atoms with Gasteiger partial charge >= 0.3 is 0 Å². The smallest absolute Gasteiger partial charge is 0.244 e. The lowest BCUT2D eigenvalue weighted by Gasteiger charge is -2.38. The van der Waals surface area contributed by atoms with Crippen LogP contribution in [-0.2, 0) is 6.42 Å². The summed E-state index contributed by atoms with van der Waals surface area (Å²) in [5.74, 6) is 2.08. The van der Waals surface area contributed by atoms with Crippen LogP contribution in [0.4, 0.5) is 0 Å². The first-order chi connectivity index (χ1) is 15.8. The number of aromatic nitrogens is 4. The van der Waals surface area contributed by atoms with Crippen molar-refractivity contribution in [3.05, 3.63) is 89.8 Å². The number of nitrogens with one attached hydrogen (secondary N) is 1. The summed E-state index contributed by atoms with van der Waals surface area (Å²) in [6.07, 6.45) is 7.70. The largest absolute Gasteiger partial charge is 0.347 e. The molecule has 0 radical (unpaired) electrons. The molecular weight excluding hydrogens is 400 g/mol. The topological polar surface area (TPSA) is 94.6 Å². The monoisotopic (exact) mass is 424 g/mol. The van der Waals surface area contributed by atoms with E-state index in [1.807, 2.05) is 24.4 Å². The quantitative estimate of drug-likeness (QED) is 0.476. The third kappa shape index (κ3) is 4.18. The molecule has 32 heavy (non-hydrogen) atoms. The van der Waals surface area contributed by atoms with Crippen molar-refractivity contribution >= 4 is 0 Å². The van der Waals surface area contributed by atoms with Gasteiger partial charge in [0, 0.05) is 18.0 Å². The number of nitrogens with zero attached hydrogens (tertiary/aromatic N) is 5. The average Bonchev–Trinajstić information content (AvgIpc) is 3.56. The van der Waals surface area contributed by atoms with Crippen LogP contribution in [0, 0.1) is 11.3 Å². The molecule has 2 aromatic carbocycles. The highest BCUT2D eigenvalue weighted by atomic mass is 16.5. The van der Waals surface area contributed by atoms with Crippen LogP contribution in [0.25, 0.3) is 11.4 Å². The number of aromatic amines is 1. The molecule has 3 heterocycles. The third-order valence-corrected chi connectivity index (χ3v) is 6.03. The Balaban J connectivity index is 1.46. The Morgan fingerprint density at radius 3 is 2.88 bits per heavy atom. The zero-order valence-electron chi connectivity index (χ0n) is 17.7. The van der Waals surface area contributed by atoms with E-state index in [-0.39, 0.29) is 12.1 Å². The first-order valence-electron chi connectivity index (χ1n) is 10.9. The highest BCUT2D eigenvalue weighted by Crippen LogP contribution is 2.38. The molecular formula is C25H24N6O. The van der Waals surface area contributed by atoms with Gasteiger partial charge in [0.25, 0.3) is 0 Å². The Morgan fingerprint density at radius 2 is 2.06 bits per heavy atom. The van der Waals surface area contributed by atoms with Gasteiger partial charge in [-0.1, -0.05) is 54.0 Å². The first-order valence-corrected chi connectivity index (χ1v) is 10.9. The lowest BCUT2D eigenvalue weighted by atomic mass is 9.96. The maximum Gasteiger partial charge on any atom is 0.244 e. The summed E-state index contributed by atoms with van der Waals surface area (Å²) in [6.45, 7) is 0.935. The number of hydrogen-bond acceptors (Lipinski definition) is 6. The first kappa shape index (κ1) is 20.2. The zero-order chi connectivity index (χ0) is 21.8. The van der Waals surface area contributed by atoms with Gasteiger partial charge in [-0.05, 0) is 43.5 Å². The van der Waals surface area contributed by atoms with Crippen LogP contribution in [0.1, 0.15) is 54.2 Å². The van der Waals surface area contributed by atoms with Crippen molar-refractivity contribution in [2.45, 2.75) is 37.8 Å². The Labute approximate surface area is 186 Å². The van der Waals surface area contributed by atoms with Gasteiger partial charge in [-0.2, -0.15) is 10.2 Å². The van der Waals surface area contributed by atoms with Gasteiger partial charge in [0.15, 0.2) is 0 Å². The number of benzene rings is 2. The Hall–Kier alpha value is -3.76. The van der Waals surface area contributed by atoms with Gasteiger partial charge in [0.1, 0.15) is 5.82 Å². The van der Waals surface area contributed by atoms with Crippen LogP contribution in [-0.4, -0.2) is 31.6 Å². The Bertz CT molecular complexity index is 1190. The van der Waals surface area contributed by atoms with Gasteiger partial charge in [-0.25, -0.2) is 4.98 Å². The average molecular weight is 425 g/mol. The molecule has 0 bridgehead atoms. The minimum atomic E-state index is 0.0166. The molecule has 1 aliphatic heterocycles. The molecule has 1 N–H and O–H groups in total. The molecule has 7 heteroatoms. The Morgan fingerprint density at radius 1 is 1.16 bits per heavy atom. The predicted octanol–water partition coefficient (Wildman–Crippen LogP) is 4.84. The number of hydrogen-bond donors (Lipinski definition) is 1. The summed E-state index contributed by atoms with van der Waals surface area (Å²) >= 11 is 0. The maximum atomic E-state index is 9.20. The van der Waals surface area contributed by atoms with Gasteiger partial charge in [0.05, 0.1) is 23.7 Å². The fraction of sp³-hybridized carbons (Fsp3) is 0.280. The van der Waals surface area contributed by atoms with Gasteiger partial charge in [0.2, 0.25) is 11.7 Å². The van der Waals surface area contributed by atoms with E-state index in [0.29, 0.717) is 17.3 Å². The highest BCUT2D eigenvalue weighted by Gasteiger charge is 2.35. The molecule has 1 saturated heterocycles. The van der Waals surface area contributed by atoms with Crippen LogP contribution in [0.3, 0.4) is 0 Å². The fourth-order valence-corrected chi connectivity index (χ4v) is 4.48. The van der Waals surface area contributed by atoms with E-state index >= 15 is 0 Å². The number of nitriles is 1. The summed E-state index contributed by atoms with van der Waals surface area (Å²) < 4.78 is 5.76. The molecule has 4 aromatic rings. The number of H-pyrrole nitrogens is 1. The summed E-state index contributed by atoms with van der Waals surface area (Å²) in [4.78, 5) is 15.1.